The van der Waals surface area contributed by atoms with Crippen LogP contribution in [0.25, 0.3) is 6.08 Å². The summed E-state index contributed by atoms with van der Waals surface area (Å²) in [4.78, 5) is 31.3. The molecular weight excluding hydrogens is 484 g/mol. The van der Waals surface area contributed by atoms with Crippen molar-refractivity contribution in [2.75, 3.05) is 18.4 Å². The zero-order valence-corrected chi connectivity index (χ0v) is 21.0. The van der Waals surface area contributed by atoms with E-state index in [-0.39, 0.29) is 10.8 Å². The number of rotatable bonds is 5. The summed E-state index contributed by atoms with van der Waals surface area (Å²) in [5.41, 5.74) is 3.19. The highest BCUT2D eigenvalue weighted by molar-refractivity contribution is 8.00. The van der Waals surface area contributed by atoms with E-state index in [1.807, 2.05) is 6.08 Å². The first kappa shape index (κ1) is 25.6. The van der Waals surface area contributed by atoms with Gasteiger partial charge in [0.25, 0.3) is 11.8 Å². The molecule has 0 saturated carbocycles. The van der Waals surface area contributed by atoms with Crippen LogP contribution in [-0.2, 0) is 10.2 Å². The zero-order valence-electron chi connectivity index (χ0n) is 20.2. The van der Waals surface area contributed by atoms with Crippen molar-refractivity contribution < 1.29 is 18.4 Å². The minimum absolute atomic E-state index is 0.0346. The molecule has 1 aromatic carbocycles. The lowest BCUT2D eigenvalue weighted by Gasteiger charge is -2.19. The first-order valence-corrected chi connectivity index (χ1v) is 12.4. The fourth-order valence-electron chi connectivity index (χ4n) is 4.10. The number of carbonyl (C=O) groups is 2. The van der Waals surface area contributed by atoms with Gasteiger partial charge in [-0.05, 0) is 29.2 Å². The van der Waals surface area contributed by atoms with Crippen molar-refractivity contribution in [3.63, 3.8) is 0 Å². The highest BCUT2D eigenvalue weighted by Gasteiger charge is 2.47. The van der Waals surface area contributed by atoms with Gasteiger partial charge in [-0.3, -0.25) is 14.6 Å². The molecule has 2 aliphatic rings. The molecule has 1 aromatic heterocycles. The molecule has 0 bridgehead atoms. The summed E-state index contributed by atoms with van der Waals surface area (Å²) in [5.74, 6) is -4.36. The molecule has 2 N–H and O–H groups in total. The maximum absolute atomic E-state index is 13.6. The average Bonchev–Trinajstić information content (AvgIpc) is 3.39. The molecule has 0 spiro atoms. The Morgan fingerprint density at radius 2 is 2.14 bits per heavy atom. The van der Waals surface area contributed by atoms with Crippen molar-refractivity contribution in [3.8, 4) is 6.07 Å². The molecule has 36 heavy (non-hydrogen) atoms. The lowest BCUT2D eigenvalue weighted by Crippen LogP contribution is -2.43. The van der Waals surface area contributed by atoms with Gasteiger partial charge in [-0.1, -0.05) is 50.8 Å². The molecular formula is C26H27F2N5O2S. The fourth-order valence-corrected chi connectivity index (χ4v) is 5.11. The number of likely N-dealkylation sites (tertiary alicyclic amines) is 1. The molecule has 2 aromatic rings. The van der Waals surface area contributed by atoms with Crippen molar-refractivity contribution in [2.24, 2.45) is 0 Å². The molecule has 2 amide bonds. The Hall–Kier alpha value is -3.45. The van der Waals surface area contributed by atoms with E-state index in [1.165, 1.54) is 17.8 Å². The molecule has 1 fully saturated rings. The second-order valence-corrected chi connectivity index (χ2v) is 11.1. The lowest BCUT2D eigenvalue weighted by molar-refractivity contribution is -0.131. The van der Waals surface area contributed by atoms with E-state index in [2.05, 4.69) is 54.6 Å². The van der Waals surface area contributed by atoms with E-state index in [9.17, 15) is 18.4 Å². The van der Waals surface area contributed by atoms with Crippen LogP contribution in [0.4, 0.5) is 14.5 Å². The number of thioether (sulfide) groups is 1. The summed E-state index contributed by atoms with van der Waals surface area (Å²) < 4.78 is 27.3. The van der Waals surface area contributed by atoms with E-state index >= 15 is 0 Å². The topological polar surface area (TPSA) is 98.1 Å². The number of hydrogen-bond acceptors (Lipinski definition) is 6. The second kappa shape index (κ2) is 9.90. The summed E-state index contributed by atoms with van der Waals surface area (Å²) in [6.45, 7) is 5.19. The normalized spacial score (nSPS) is 20.6. The minimum Gasteiger partial charge on any atom is -0.369 e. The monoisotopic (exact) mass is 511 g/mol. The summed E-state index contributed by atoms with van der Waals surface area (Å²) in [6, 6.07) is 8.44. The third kappa shape index (κ3) is 5.68. The van der Waals surface area contributed by atoms with E-state index in [0.717, 1.165) is 15.5 Å². The number of amides is 2. The highest BCUT2D eigenvalue weighted by atomic mass is 32.2. The predicted molar refractivity (Wildman–Crippen MR) is 135 cm³/mol. The molecule has 0 radical (unpaired) electrons. The lowest BCUT2D eigenvalue weighted by atomic mass is 9.87. The summed E-state index contributed by atoms with van der Waals surface area (Å²) in [5, 5.41) is 15.0. The number of nitriles is 1. The SMILES string of the molecule is CC(C)(C)c1ccc2c(c1)NC(/C=C/c1cnccc1C(=O)NCC(=O)N1CC(F)(F)CC1C#N)S2. The van der Waals surface area contributed by atoms with Gasteiger partial charge in [0, 0.05) is 40.5 Å². The van der Waals surface area contributed by atoms with E-state index in [0.29, 0.717) is 11.1 Å². The number of nitrogens with zero attached hydrogens (tertiary/aromatic N) is 3. The quantitative estimate of drug-likeness (QED) is 0.617. The van der Waals surface area contributed by atoms with Gasteiger partial charge in [0.2, 0.25) is 5.91 Å². The first-order valence-electron chi connectivity index (χ1n) is 11.5. The number of halogens is 2. The molecule has 2 atom stereocenters. The van der Waals surface area contributed by atoms with Crippen molar-refractivity contribution >= 4 is 35.3 Å². The van der Waals surface area contributed by atoms with Crippen molar-refractivity contribution in [1.29, 1.82) is 5.26 Å². The molecule has 2 unspecified atom stereocenters. The van der Waals surface area contributed by atoms with Crippen molar-refractivity contribution in [2.45, 2.75) is 54.8 Å². The fraction of sp³-hybridized carbons (Fsp3) is 0.385. The summed E-state index contributed by atoms with van der Waals surface area (Å²) >= 11 is 1.66. The largest absolute Gasteiger partial charge is 0.369 e. The predicted octanol–water partition coefficient (Wildman–Crippen LogP) is 4.43. The highest BCUT2D eigenvalue weighted by Crippen LogP contribution is 2.41. The Bertz CT molecular complexity index is 1250. The second-order valence-electron chi connectivity index (χ2n) is 9.88. The zero-order chi connectivity index (χ0) is 26.1. The first-order chi connectivity index (χ1) is 17.0. The molecule has 7 nitrogen and oxygen atoms in total. The van der Waals surface area contributed by atoms with Gasteiger partial charge in [0.15, 0.2) is 0 Å². The molecule has 0 aliphatic carbocycles. The van der Waals surface area contributed by atoms with Crippen LogP contribution in [0.5, 0.6) is 0 Å². The van der Waals surface area contributed by atoms with Gasteiger partial charge in [0.05, 0.1) is 24.5 Å². The third-order valence-electron chi connectivity index (χ3n) is 6.08. The van der Waals surface area contributed by atoms with Gasteiger partial charge in [0.1, 0.15) is 6.04 Å². The maximum atomic E-state index is 13.6. The van der Waals surface area contributed by atoms with Crippen LogP contribution in [0.2, 0.25) is 0 Å². The van der Waals surface area contributed by atoms with Crippen molar-refractivity contribution in [1.82, 2.24) is 15.2 Å². The Morgan fingerprint density at radius 3 is 2.86 bits per heavy atom. The van der Waals surface area contributed by atoms with Crippen LogP contribution in [0.1, 0.15) is 48.7 Å². The van der Waals surface area contributed by atoms with E-state index in [4.69, 9.17) is 5.26 Å². The Kier molecular flexibility index (Phi) is 7.05. The summed E-state index contributed by atoms with van der Waals surface area (Å²) in [6.07, 6.45) is 6.04. The van der Waals surface area contributed by atoms with Crippen LogP contribution < -0.4 is 10.6 Å². The minimum atomic E-state index is -3.11. The standard InChI is InChI=1S/C26H27F2N5O2S/c1-25(2,3)17-5-6-21-20(10-17)32-22(36-21)7-4-16-13-30-9-8-19(16)24(35)31-14-23(34)33-15-26(27,28)11-18(33)12-29/h4-10,13,18,22,32H,11,14-15H2,1-3H3,(H,31,35)/b7-4+. The molecule has 4 rings (SSSR count). The molecule has 188 valence electrons. The van der Waals surface area contributed by atoms with Gasteiger partial charge in [-0.15, -0.1) is 0 Å². The number of hydrogen-bond donors (Lipinski definition) is 2. The van der Waals surface area contributed by atoms with Gasteiger partial charge in [-0.25, -0.2) is 8.78 Å². The number of carbonyl (C=O) groups excluding carboxylic acids is 2. The number of pyridine rings is 1. The Balaban J connectivity index is 1.40. The Morgan fingerprint density at radius 1 is 1.36 bits per heavy atom. The smallest absolute Gasteiger partial charge is 0.268 e. The average molecular weight is 512 g/mol. The third-order valence-corrected chi connectivity index (χ3v) is 7.22. The number of benzene rings is 1. The number of fused-ring (bicyclic) bond motifs is 1. The van der Waals surface area contributed by atoms with Crippen LogP contribution in [-0.4, -0.2) is 52.1 Å². The van der Waals surface area contributed by atoms with Crippen molar-refractivity contribution in [3.05, 3.63) is 59.4 Å². The molecule has 1 saturated heterocycles. The van der Waals surface area contributed by atoms with Gasteiger partial charge in [-0.2, -0.15) is 5.26 Å². The summed E-state index contributed by atoms with van der Waals surface area (Å²) in [7, 11) is 0. The number of nitrogens with one attached hydrogen (secondary N) is 2. The molecule has 2 aliphatic heterocycles. The van der Waals surface area contributed by atoms with Crippen LogP contribution in [0, 0.1) is 11.3 Å². The van der Waals surface area contributed by atoms with Crippen LogP contribution in [0.15, 0.2) is 47.6 Å². The molecule has 3 heterocycles. The number of anilines is 1. The van der Waals surface area contributed by atoms with E-state index < -0.39 is 43.3 Å². The number of alkyl halides is 2. The van der Waals surface area contributed by atoms with Crippen LogP contribution in [0.3, 0.4) is 0 Å². The Labute approximate surface area is 213 Å². The molecule has 10 heteroatoms. The van der Waals surface area contributed by atoms with Gasteiger partial charge < -0.3 is 15.5 Å². The van der Waals surface area contributed by atoms with E-state index in [1.54, 1.807) is 30.1 Å². The van der Waals surface area contributed by atoms with Crippen LogP contribution >= 0.6 is 11.8 Å². The van der Waals surface area contributed by atoms with Gasteiger partial charge >= 0.3 is 0 Å². The number of aromatic nitrogens is 1. The maximum Gasteiger partial charge on any atom is 0.268 e.